The molecule has 0 amide bonds. The van der Waals surface area contributed by atoms with E-state index < -0.39 is 5.12 Å². The van der Waals surface area contributed by atoms with E-state index in [-0.39, 0.29) is 0 Å². The normalized spacial score (nSPS) is 31.7. The Kier molecular flexibility index (Phi) is 1.94. The molecule has 0 aromatic heterocycles. The maximum Gasteiger partial charge on any atom is 0.216 e. The molecule has 0 aromatic rings. The first-order valence-electron chi connectivity index (χ1n) is 3.46. The Labute approximate surface area is 90.3 Å². The molecule has 0 spiro atoms. The van der Waals surface area contributed by atoms with Crippen molar-refractivity contribution < 1.29 is 0 Å². The van der Waals surface area contributed by atoms with Crippen LogP contribution in [0, 0.1) is 0 Å². The highest BCUT2D eigenvalue weighted by Crippen LogP contribution is 2.36. The molecule has 2 heterocycles. The molecule has 0 aromatic carbocycles. The molecule has 2 rings (SSSR count). The summed E-state index contributed by atoms with van der Waals surface area (Å²) in [6.07, 6.45) is 2.98. The summed E-state index contributed by atoms with van der Waals surface area (Å²) in [7, 11) is 0. The van der Waals surface area contributed by atoms with Crippen molar-refractivity contribution in [2.45, 2.75) is 12.0 Å². The Morgan fingerprint density at radius 2 is 2.15 bits per heavy atom. The number of hydrogen-bond donors (Lipinski definition) is 0. The fraction of sp³-hybridized carbons (Fsp3) is 0.333. The van der Waals surface area contributed by atoms with Crippen LogP contribution in [0.5, 0.6) is 0 Å². The summed E-state index contributed by atoms with van der Waals surface area (Å²) >= 11 is 17.8. The molecule has 13 heavy (non-hydrogen) atoms. The maximum atomic E-state index is 6.05. The van der Waals surface area contributed by atoms with Crippen molar-refractivity contribution in [1.82, 2.24) is 8.84 Å². The van der Waals surface area contributed by atoms with Crippen LogP contribution in [0.4, 0.5) is 0 Å². The molecular formula is C6H5Cl3N4. The number of nitrogens with zero attached hydrogens (tertiary/aromatic N) is 4. The fourth-order valence-electron chi connectivity index (χ4n) is 1.01. The molecule has 0 bridgehead atoms. The number of hydrogen-bond acceptors (Lipinski definition) is 4. The molecule has 4 nitrogen and oxygen atoms in total. The summed E-state index contributed by atoms with van der Waals surface area (Å²) in [4.78, 5) is 7.90. The average molecular weight is 239 g/mol. The van der Waals surface area contributed by atoms with E-state index in [4.69, 9.17) is 35.2 Å². The lowest BCUT2D eigenvalue weighted by molar-refractivity contribution is 0.267. The minimum Gasteiger partial charge on any atom is -0.250 e. The topological polar surface area (TPSA) is 31.2 Å². The van der Waals surface area contributed by atoms with Crippen LogP contribution >= 0.6 is 35.2 Å². The van der Waals surface area contributed by atoms with Crippen LogP contribution in [0.25, 0.3) is 0 Å². The Hall–Kier alpha value is -0.450. The van der Waals surface area contributed by atoms with Crippen molar-refractivity contribution in [2.24, 2.45) is 9.98 Å². The number of rotatable bonds is 0. The first-order valence-corrected chi connectivity index (χ1v) is 4.51. The predicted molar refractivity (Wildman–Crippen MR) is 53.7 cm³/mol. The third-order valence-electron chi connectivity index (χ3n) is 1.78. The molecule has 7 heteroatoms. The summed E-state index contributed by atoms with van der Waals surface area (Å²) in [5, 5.41) is -1.03. The van der Waals surface area contributed by atoms with E-state index >= 15 is 0 Å². The quantitative estimate of drug-likeness (QED) is 0.368. The Morgan fingerprint density at radius 1 is 1.46 bits per heavy atom. The minimum atomic E-state index is -1.03. The van der Waals surface area contributed by atoms with Crippen LogP contribution in [0.3, 0.4) is 0 Å². The zero-order valence-electron chi connectivity index (χ0n) is 6.58. The summed E-state index contributed by atoms with van der Waals surface area (Å²) in [5.74, 6) is 0.510. The molecule has 1 unspecified atom stereocenters. The maximum absolute atomic E-state index is 6.05. The Bertz CT molecular complexity index is 333. The van der Waals surface area contributed by atoms with Crippen molar-refractivity contribution in [2.75, 3.05) is 0 Å². The zero-order valence-corrected chi connectivity index (χ0v) is 8.85. The first kappa shape index (κ1) is 9.12. The summed E-state index contributed by atoms with van der Waals surface area (Å²) in [6, 6.07) is 0. The molecule has 0 saturated carbocycles. The van der Waals surface area contributed by atoms with Crippen LogP contribution in [-0.2, 0) is 0 Å². The highest BCUT2D eigenvalue weighted by Gasteiger charge is 2.42. The second-order valence-electron chi connectivity index (χ2n) is 2.71. The van der Waals surface area contributed by atoms with Crippen LogP contribution in [0.1, 0.15) is 6.92 Å². The zero-order chi connectivity index (χ0) is 9.64. The lowest BCUT2D eigenvalue weighted by Crippen LogP contribution is -2.50. The molecule has 0 N–H and O–H groups in total. The molecule has 70 valence electrons. The van der Waals surface area contributed by atoms with Gasteiger partial charge in [-0.3, -0.25) is 4.42 Å². The lowest BCUT2D eigenvalue weighted by atomic mass is 10.3. The molecule has 0 radical (unpaired) electrons. The highest BCUT2D eigenvalue weighted by atomic mass is 35.5. The fourth-order valence-corrected chi connectivity index (χ4v) is 1.56. The summed E-state index contributed by atoms with van der Waals surface area (Å²) < 4.78 is 2.49. The van der Waals surface area contributed by atoms with Crippen molar-refractivity contribution >= 4 is 47.3 Å². The number of alkyl halides is 1. The van der Waals surface area contributed by atoms with Gasteiger partial charge in [0.15, 0.2) is 5.84 Å². The summed E-state index contributed by atoms with van der Waals surface area (Å²) in [6.45, 7) is 1.66. The van der Waals surface area contributed by atoms with Gasteiger partial charge in [0.25, 0.3) is 0 Å². The van der Waals surface area contributed by atoms with Gasteiger partial charge in [0.05, 0.1) is 0 Å². The molecular weight excluding hydrogens is 234 g/mol. The van der Waals surface area contributed by atoms with E-state index in [0.29, 0.717) is 11.5 Å². The van der Waals surface area contributed by atoms with E-state index in [2.05, 4.69) is 9.98 Å². The van der Waals surface area contributed by atoms with E-state index in [1.165, 1.54) is 15.2 Å². The second kappa shape index (κ2) is 2.77. The SMILES string of the molecule is CC1(Cl)N(Cl)C=C2N=CN=C2N1Cl. The minimum absolute atomic E-state index is 0.510. The lowest BCUT2D eigenvalue weighted by Gasteiger charge is -2.39. The van der Waals surface area contributed by atoms with Crippen molar-refractivity contribution in [3.05, 3.63) is 11.9 Å². The van der Waals surface area contributed by atoms with Crippen molar-refractivity contribution in [3.8, 4) is 0 Å². The number of fused-ring (bicyclic) bond motifs is 1. The predicted octanol–water partition coefficient (Wildman–Crippen LogP) is 2.11. The second-order valence-corrected chi connectivity index (χ2v) is 4.13. The largest absolute Gasteiger partial charge is 0.250 e. The standard InChI is InChI=1S/C6H5Cl3N4/c1-6(7)12(8)2-4-5(13(6)9)11-3-10-4/h2-3H,1H3. The molecule has 2 aliphatic heterocycles. The molecule has 1 atom stereocenters. The van der Waals surface area contributed by atoms with Gasteiger partial charge < -0.3 is 0 Å². The van der Waals surface area contributed by atoms with Gasteiger partial charge in [0, 0.05) is 29.8 Å². The Morgan fingerprint density at radius 3 is 2.85 bits per heavy atom. The van der Waals surface area contributed by atoms with E-state index in [9.17, 15) is 0 Å². The molecule has 2 aliphatic rings. The highest BCUT2D eigenvalue weighted by molar-refractivity contribution is 6.37. The average Bonchev–Trinajstić information content (AvgIpc) is 2.49. The van der Waals surface area contributed by atoms with Crippen molar-refractivity contribution in [1.29, 1.82) is 0 Å². The van der Waals surface area contributed by atoms with Gasteiger partial charge in [-0.1, -0.05) is 11.6 Å². The number of aliphatic imine (C=N–C) groups is 2. The van der Waals surface area contributed by atoms with Crippen molar-refractivity contribution in [3.63, 3.8) is 0 Å². The molecule has 0 aliphatic carbocycles. The van der Waals surface area contributed by atoms with Gasteiger partial charge >= 0.3 is 0 Å². The van der Waals surface area contributed by atoms with Gasteiger partial charge in [-0.15, -0.1) is 0 Å². The summed E-state index contributed by atoms with van der Waals surface area (Å²) in [5.41, 5.74) is 0.600. The van der Waals surface area contributed by atoms with Gasteiger partial charge in [-0.05, 0) is 6.92 Å². The molecule has 0 saturated heterocycles. The van der Waals surface area contributed by atoms with Gasteiger partial charge in [0.1, 0.15) is 12.0 Å². The third-order valence-corrected chi connectivity index (χ3v) is 3.22. The Balaban J connectivity index is 2.47. The van der Waals surface area contributed by atoms with Crippen LogP contribution < -0.4 is 0 Å². The van der Waals surface area contributed by atoms with E-state index in [0.717, 1.165) is 0 Å². The molecule has 0 fully saturated rings. The number of amidine groups is 1. The van der Waals surface area contributed by atoms with Gasteiger partial charge in [-0.25, -0.2) is 14.4 Å². The smallest absolute Gasteiger partial charge is 0.216 e. The monoisotopic (exact) mass is 238 g/mol. The van der Waals surface area contributed by atoms with Gasteiger partial charge in [0.2, 0.25) is 5.12 Å². The third kappa shape index (κ3) is 1.21. The van der Waals surface area contributed by atoms with Crippen LogP contribution in [0.15, 0.2) is 21.9 Å². The van der Waals surface area contributed by atoms with Crippen LogP contribution in [-0.4, -0.2) is 26.1 Å². The van der Waals surface area contributed by atoms with Crippen LogP contribution in [0.2, 0.25) is 0 Å². The number of halogens is 3. The first-order chi connectivity index (χ1) is 6.03. The van der Waals surface area contributed by atoms with Gasteiger partial charge in [-0.2, -0.15) is 0 Å². The van der Waals surface area contributed by atoms with E-state index in [1.807, 2.05) is 0 Å². The van der Waals surface area contributed by atoms with E-state index in [1.54, 1.807) is 13.1 Å².